The van der Waals surface area contributed by atoms with E-state index in [2.05, 4.69) is 0 Å². The summed E-state index contributed by atoms with van der Waals surface area (Å²) in [6.07, 6.45) is 2.40. The van der Waals surface area contributed by atoms with Crippen LogP contribution in [0.15, 0.2) is 53.4 Å². The molecular formula is C22H20ClN3O2S. The van der Waals surface area contributed by atoms with Gasteiger partial charge in [0, 0.05) is 22.8 Å². The highest BCUT2D eigenvalue weighted by Gasteiger charge is 2.24. The second-order valence-electron chi connectivity index (χ2n) is 7.07. The van der Waals surface area contributed by atoms with E-state index >= 15 is 0 Å². The van der Waals surface area contributed by atoms with Crippen LogP contribution in [0.4, 0.5) is 0 Å². The lowest BCUT2D eigenvalue weighted by Crippen LogP contribution is -2.17. The van der Waals surface area contributed by atoms with E-state index in [0.717, 1.165) is 45.8 Å². The Morgan fingerprint density at radius 3 is 2.59 bits per heavy atom. The Hall–Kier alpha value is -2.57. The molecule has 7 heteroatoms. The molecule has 0 fully saturated rings. The number of benzene rings is 2. The Morgan fingerprint density at radius 1 is 1.10 bits per heavy atom. The number of primary amides is 1. The van der Waals surface area contributed by atoms with Gasteiger partial charge >= 0.3 is 0 Å². The maximum Gasteiger partial charge on any atom is 0.221 e. The summed E-state index contributed by atoms with van der Waals surface area (Å²) in [4.78, 5) is 21.4. The van der Waals surface area contributed by atoms with Crippen molar-refractivity contribution in [2.45, 2.75) is 30.6 Å². The molecule has 4 rings (SSSR count). The van der Waals surface area contributed by atoms with Crippen molar-refractivity contribution in [3.8, 4) is 11.4 Å². The van der Waals surface area contributed by atoms with Gasteiger partial charge in [0.05, 0.1) is 33.5 Å². The van der Waals surface area contributed by atoms with Crippen LogP contribution in [0.3, 0.4) is 0 Å². The normalized spacial score (nSPS) is 15.7. The Kier molecular flexibility index (Phi) is 5.74. The van der Waals surface area contributed by atoms with E-state index in [1.807, 2.05) is 48.5 Å². The number of rotatable bonds is 5. The minimum atomic E-state index is -1.09. The lowest BCUT2D eigenvalue weighted by atomic mass is 10.0. The zero-order valence-corrected chi connectivity index (χ0v) is 17.3. The molecule has 29 heavy (non-hydrogen) atoms. The van der Waals surface area contributed by atoms with E-state index in [-0.39, 0.29) is 12.3 Å². The van der Waals surface area contributed by atoms with Crippen LogP contribution in [0.5, 0.6) is 0 Å². The van der Waals surface area contributed by atoms with Crippen molar-refractivity contribution in [3.63, 3.8) is 0 Å². The SMILES string of the molecule is NC(=O)Cc1ccc(Cc2nc(-c3cccc(Cl)c3)nc3c2S(=O)CCC3)cc1. The molecule has 1 atom stereocenters. The highest BCUT2D eigenvalue weighted by molar-refractivity contribution is 7.85. The molecule has 1 amide bonds. The summed E-state index contributed by atoms with van der Waals surface area (Å²) in [6, 6.07) is 15.1. The van der Waals surface area contributed by atoms with E-state index in [9.17, 15) is 9.00 Å². The van der Waals surface area contributed by atoms with Crippen molar-refractivity contribution in [2.24, 2.45) is 5.73 Å². The topological polar surface area (TPSA) is 85.9 Å². The molecule has 1 aliphatic rings. The Bertz CT molecular complexity index is 1100. The van der Waals surface area contributed by atoms with Gasteiger partial charge in [-0.25, -0.2) is 9.97 Å². The summed E-state index contributed by atoms with van der Waals surface area (Å²) in [6.45, 7) is 0. The van der Waals surface area contributed by atoms with Crippen LogP contribution in [0.25, 0.3) is 11.4 Å². The smallest absolute Gasteiger partial charge is 0.221 e. The molecule has 0 saturated heterocycles. The number of nitrogens with zero attached hydrogens (tertiary/aromatic N) is 2. The van der Waals surface area contributed by atoms with Gasteiger partial charge in [-0.3, -0.25) is 9.00 Å². The molecule has 148 valence electrons. The van der Waals surface area contributed by atoms with Gasteiger partial charge in [-0.15, -0.1) is 0 Å². The largest absolute Gasteiger partial charge is 0.369 e. The van der Waals surface area contributed by atoms with Gasteiger partial charge in [0.2, 0.25) is 5.91 Å². The second-order valence-corrected chi connectivity index (χ2v) is 9.01. The van der Waals surface area contributed by atoms with Crippen LogP contribution in [0.2, 0.25) is 5.02 Å². The van der Waals surface area contributed by atoms with Gasteiger partial charge in [-0.05, 0) is 36.1 Å². The molecule has 3 aromatic rings. The summed E-state index contributed by atoms with van der Waals surface area (Å²) in [5.74, 6) is 0.881. The van der Waals surface area contributed by atoms with Gasteiger partial charge < -0.3 is 5.73 Å². The molecular weight excluding hydrogens is 406 g/mol. The zero-order chi connectivity index (χ0) is 20.4. The molecule has 0 bridgehead atoms. The standard InChI is InChI=1S/C22H20ClN3O2S/c23-17-4-1-3-16(13-17)22-25-18-5-2-10-29(28)21(18)19(26-22)11-14-6-8-15(9-7-14)12-20(24)27/h1,3-4,6-9,13H,2,5,10-12H2,(H2,24,27). The Labute approximate surface area is 176 Å². The number of fused-ring (bicyclic) bond motifs is 1. The van der Waals surface area contributed by atoms with Gasteiger partial charge in [0.1, 0.15) is 0 Å². The average Bonchev–Trinajstić information content (AvgIpc) is 2.69. The molecule has 2 N–H and O–H groups in total. The highest BCUT2D eigenvalue weighted by atomic mass is 35.5. The molecule has 5 nitrogen and oxygen atoms in total. The lowest BCUT2D eigenvalue weighted by molar-refractivity contribution is -0.117. The molecule has 0 saturated carbocycles. The summed E-state index contributed by atoms with van der Waals surface area (Å²) >= 11 is 6.14. The van der Waals surface area contributed by atoms with Gasteiger partial charge in [-0.1, -0.05) is 48.0 Å². The van der Waals surface area contributed by atoms with Gasteiger partial charge in [0.15, 0.2) is 5.82 Å². The molecule has 0 spiro atoms. The van der Waals surface area contributed by atoms with E-state index in [1.165, 1.54) is 0 Å². The Balaban J connectivity index is 1.74. The zero-order valence-electron chi connectivity index (χ0n) is 15.7. The first kappa shape index (κ1) is 19.7. The predicted molar refractivity (Wildman–Crippen MR) is 114 cm³/mol. The van der Waals surface area contributed by atoms with Crippen LogP contribution >= 0.6 is 11.6 Å². The van der Waals surface area contributed by atoms with E-state index < -0.39 is 10.8 Å². The Morgan fingerprint density at radius 2 is 1.86 bits per heavy atom. The van der Waals surface area contributed by atoms with Crippen LogP contribution in [-0.4, -0.2) is 25.8 Å². The first-order valence-corrected chi connectivity index (χ1v) is 11.1. The number of carbonyl (C=O) groups excluding carboxylic acids is 1. The first-order chi connectivity index (χ1) is 14.0. The molecule has 2 aromatic carbocycles. The third kappa shape index (κ3) is 4.54. The molecule has 0 radical (unpaired) electrons. The molecule has 0 aliphatic carbocycles. The van der Waals surface area contributed by atoms with Gasteiger partial charge in [0.25, 0.3) is 0 Å². The fourth-order valence-corrected chi connectivity index (χ4v) is 5.09. The number of nitrogens with two attached hydrogens (primary N) is 1. The monoisotopic (exact) mass is 425 g/mol. The van der Waals surface area contributed by atoms with Crippen molar-refractivity contribution in [2.75, 3.05) is 5.75 Å². The maximum absolute atomic E-state index is 12.7. The van der Waals surface area contributed by atoms with E-state index in [4.69, 9.17) is 27.3 Å². The minimum Gasteiger partial charge on any atom is -0.369 e. The fourth-order valence-electron chi connectivity index (χ4n) is 3.50. The number of aromatic nitrogens is 2. The van der Waals surface area contributed by atoms with Crippen molar-refractivity contribution < 1.29 is 9.00 Å². The lowest BCUT2D eigenvalue weighted by Gasteiger charge is -2.19. The molecule has 1 unspecified atom stereocenters. The quantitative estimate of drug-likeness (QED) is 0.678. The summed E-state index contributed by atoms with van der Waals surface area (Å²) in [5.41, 5.74) is 9.64. The number of halogens is 1. The summed E-state index contributed by atoms with van der Waals surface area (Å²) in [5, 5.41) is 0.624. The van der Waals surface area contributed by atoms with Crippen LogP contribution in [0, 0.1) is 0 Å². The predicted octanol–water partition coefficient (Wildman–Crippen LogP) is 3.47. The molecule has 2 heterocycles. The number of amides is 1. The van der Waals surface area contributed by atoms with Crippen molar-refractivity contribution >= 4 is 28.3 Å². The first-order valence-electron chi connectivity index (χ1n) is 9.40. The highest BCUT2D eigenvalue weighted by Crippen LogP contribution is 2.29. The van der Waals surface area contributed by atoms with Crippen molar-refractivity contribution in [1.29, 1.82) is 0 Å². The third-order valence-corrected chi connectivity index (χ3v) is 6.65. The van der Waals surface area contributed by atoms with Crippen molar-refractivity contribution in [1.82, 2.24) is 9.97 Å². The average molecular weight is 426 g/mol. The van der Waals surface area contributed by atoms with Crippen LogP contribution in [-0.2, 0) is 34.9 Å². The molecule has 1 aliphatic heterocycles. The van der Waals surface area contributed by atoms with Crippen LogP contribution < -0.4 is 5.73 Å². The molecule has 1 aromatic heterocycles. The summed E-state index contributed by atoms with van der Waals surface area (Å²) in [7, 11) is -1.09. The van der Waals surface area contributed by atoms with Crippen LogP contribution in [0.1, 0.15) is 28.9 Å². The number of carbonyl (C=O) groups is 1. The fraction of sp³-hybridized carbons (Fsp3) is 0.227. The third-order valence-electron chi connectivity index (χ3n) is 4.83. The maximum atomic E-state index is 12.7. The van der Waals surface area contributed by atoms with Gasteiger partial charge in [-0.2, -0.15) is 0 Å². The van der Waals surface area contributed by atoms with E-state index in [0.29, 0.717) is 23.0 Å². The summed E-state index contributed by atoms with van der Waals surface area (Å²) < 4.78 is 12.7. The second kappa shape index (κ2) is 8.43. The minimum absolute atomic E-state index is 0.214. The van der Waals surface area contributed by atoms with E-state index in [1.54, 1.807) is 0 Å². The number of aryl methyl sites for hydroxylation is 1. The number of hydrogen-bond donors (Lipinski definition) is 1. The number of hydrogen-bond acceptors (Lipinski definition) is 4. The van der Waals surface area contributed by atoms with Crippen molar-refractivity contribution in [3.05, 3.63) is 76.1 Å².